The Hall–Kier alpha value is -1.79. The normalized spacial score (nSPS) is 23.0. The number of amides is 1. The van der Waals surface area contributed by atoms with Crippen LogP contribution in [0.3, 0.4) is 0 Å². The molecule has 1 aromatic carbocycles. The number of halogens is 1. The summed E-state index contributed by atoms with van der Waals surface area (Å²) < 4.78 is 18.5. The summed E-state index contributed by atoms with van der Waals surface area (Å²) in [5, 5.41) is 2.92. The highest BCUT2D eigenvalue weighted by atomic mass is 19.1. The number of benzene rings is 1. The Bertz CT molecular complexity index is 589. The molecule has 136 valence electrons. The Kier molecular flexibility index (Phi) is 6.15. The number of rotatable bonds is 8. The van der Waals surface area contributed by atoms with Gasteiger partial charge in [-0.15, -0.1) is 0 Å². The molecule has 3 rings (SSSR count). The number of carbonyl (C=O) groups is 2. The Morgan fingerprint density at radius 2 is 1.96 bits per heavy atom. The van der Waals surface area contributed by atoms with Crippen molar-refractivity contribution < 1.29 is 18.7 Å². The maximum absolute atomic E-state index is 12.8. The molecule has 1 amide bonds. The number of carbonyl (C=O) groups excluding carboxylic acids is 2. The zero-order valence-electron chi connectivity index (χ0n) is 14.4. The predicted octanol–water partition coefficient (Wildman–Crippen LogP) is 2.04. The van der Waals surface area contributed by atoms with Crippen LogP contribution in [0, 0.1) is 5.82 Å². The maximum atomic E-state index is 12.8. The van der Waals surface area contributed by atoms with E-state index in [0.29, 0.717) is 26.1 Å². The molecule has 25 heavy (non-hydrogen) atoms. The van der Waals surface area contributed by atoms with Gasteiger partial charge >= 0.3 is 0 Å². The van der Waals surface area contributed by atoms with E-state index >= 15 is 0 Å². The van der Waals surface area contributed by atoms with E-state index in [1.165, 1.54) is 12.1 Å². The molecule has 2 heterocycles. The average Bonchev–Trinajstić information content (AvgIpc) is 3.13. The Balaban J connectivity index is 1.22. The van der Waals surface area contributed by atoms with Crippen molar-refractivity contribution in [2.75, 3.05) is 19.6 Å². The Morgan fingerprint density at radius 3 is 2.72 bits per heavy atom. The minimum Gasteiger partial charge on any atom is -0.354 e. The van der Waals surface area contributed by atoms with Gasteiger partial charge in [-0.05, 0) is 37.0 Å². The first kappa shape index (κ1) is 18.0. The van der Waals surface area contributed by atoms with Crippen molar-refractivity contribution in [3.8, 4) is 0 Å². The average molecular weight is 348 g/mol. The molecule has 6 heteroatoms. The van der Waals surface area contributed by atoms with Crippen LogP contribution < -0.4 is 5.32 Å². The number of nitrogens with zero attached hydrogens (tertiary/aromatic N) is 1. The minimum absolute atomic E-state index is 0.0758. The highest BCUT2D eigenvalue weighted by molar-refractivity contribution is 5.85. The first-order valence-electron chi connectivity index (χ1n) is 9.05. The van der Waals surface area contributed by atoms with Gasteiger partial charge in [-0.3, -0.25) is 14.5 Å². The predicted molar refractivity (Wildman–Crippen MR) is 91.4 cm³/mol. The molecule has 1 aromatic rings. The molecule has 2 fully saturated rings. The highest BCUT2D eigenvalue weighted by Gasteiger charge is 2.42. The molecule has 1 N–H and O–H groups in total. The van der Waals surface area contributed by atoms with Crippen LogP contribution in [0.5, 0.6) is 0 Å². The van der Waals surface area contributed by atoms with Crippen molar-refractivity contribution in [2.24, 2.45) is 0 Å². The van der Waals surface area contributed by atoms with Gasteiger partial charge in [0, 0.05) is 19.5 Å². The van der Waals surface area contributed by atoms with Gasteiger partial charge in [0.25, 0.3) is 5.91 Å². The van der Waals surface area contributed by atoms with Gasteiger partial charge in [0.1, 0.15) is 12.0 Å². The lowest BCUT2D eigenvalue weighted by molar-refractivity contribution is -0.132. The van der Waals surface area contributed by atoms with Crippen LogP contribution in [0.15, 0.2) is 24.3 Å². The molecular formula is C19H25FN2O3. The molecule has 2 atom stereocenters. The van der Waals surface area contributed by atoms with E-state index in [1.807, 2.05) is 17.0 Å². The molecule has 1 unspecified atom stereocenters. The lowest BCUT2D eigenvalue weighted by atomic mass is 10.1. The van der Waals surface area contributed by atoms with E-state index in [-0.39, 0.29) is 23.7 Å². The van der Waals surface area contributed by atoms with E-state index in [4.69, 9.17) is 4.74 Å². The smallest absolute Gasteiger partial charge is 0.250 e. The molecule has 2 aliphatic heterocycles. The fourth-order valence-electron chi connectivity index (χ4n) is 3.41. The van der Waals surface area contributed by atoms with Gasteiger partial charge in [-0.2, -0.15) is 0 Å². The maximum Gasteiger partial charge on any atom is 0.250 e. The summed E-state index contributed by atoms with van der Waals surface area (Å²) >= 11 is 0. The summed E-state index contributed by atoms with van der Waals surface area (Å²) in [6, 6.07) is 6.65. The number of nitrogens with one attached hydrogen (secondary N) is 1. The van der Waals surface area contributed by atoms with Crippen molar-refractivity contribution >= 4 is 11.7 Å². The lowest BCUT2D eigenvalue weighted by Crippen LogP contribution is -2.38. The van der Waals surface area contributed by atoms with Crippen LogP contribution in [-0.4, -0.2) is 48.6 Å². The van der Waals surface area contributed by atoms with Crippen LogP contribution in [-0.2, 0) is 20.7 Å². The molecule has 0 spiro atoms. The van der Waals surface area contributed by atoms with Crippen molar-refractivity contribution in [1.82, 2.24) is 10.2 Å². The zero-order chi connectivity index (χ0) is 17.6. The van der Waals surface area contributed by atoms with Crippen molar-refractivity contribution in [3.05, 3.63) is 35.6 Å². The summed E-state index contributed by atoms with van der Waals surface area (Å²) in [5.41, 5.74) is 1.16. The highest BCUT2D eigenvalue weighted by Crippen LogP contribution is 2.24. The Labute approximate surface area is 147 Å². The number of hydrogen-bond donors (Lipinski definition) is 1. The van der Waals surface area contributed by atoms with E-state index in [2.05, 4.69) is 5.32 Å². The summed E-state index contributed by atoms with van der Waals surface area (Å²) in [6.45, 7) is 1.57. The number of Topliss-reactive ketones (excluding diaryl/α,β-unsaturated/α-hetero) is 1. The van der Waals surface area contributed by atoms with E-state index in [9.17, 15) is 14.0 Å². The van der Waals surface area contributed by atoms with Gasteiger partial charge in [-0.1, -0.05) is 25.0 Å². The number of fused-ring (bicyclic) bond motifs is 1. The third kappa shape index (κ3) is 5.09. The SMILES string of the molecule is O=C1CC2O[C@@H](C(=O)NCCCCCCc3ccc(F)cc3)CN2C1. The van der Waals surface area contributed by atoms with Gasteiger partial charge in [0.2, 0.25) is 0 Å². The van der Waals surface area contributed by atoms with Crippen molar-refractivity contribution in [3.63, 3.8) is 0 Å². The van der Waals surface area contributed by atoms with Gasteiger partial charge in [0.15, 0.2) is 11.9 Å². The molecule has 0 bridgehead atoms. The topological polar surface area (TPSA) is 58.6 Å². The van der Waals surface area contributed by atoms with Crippen LogP contribution >= 0.6 is 0 Å². The summed E-state index contributed by atoms with van der Waals surface area (Å²) in [5.74, 6) is -0.0876. The largest absolute Gasteiger partial charge is 0.354 e. The molecular weight excluding hydrogens is 323 g/mol. The summed E-state index contributed by atoms with van der Waals surface area (Å²) in [7, 11) is 0. The molecule has 0 radical (unpaired) electrons. The van der Waals surface area contributed by atoms with E-state index in [0.717, 1.165) is 37.7 Å². The van der Waals surface area contributed by atoms with Crippen molar-refractivity contribution in [1.29, 1.82) is 0 Å². The van der Waals surface area contributed by atoms with Crippen LogP contribution in [0.2, 0.25) is 0 Å². The fourth-order valence-corrected chi connectivity index (χ4v) is 3.41. The number of hydrogen-bond acceptors (Lipinski definition) is 4. The molecule has 0 aliphatic carbocycles. The number of unbranched alkanes of at least 4 members (excludes halogenated alkanes) is 3. The second-order valence-corrected chi connectivity index (χ2v) is 6.83. The third-order valence-electron chi connectivity index (χ3n) is 4.81. The fraction of sp³-hybridized carbons (Fsp3) is 0.579. The zero-order valence-corrected chi connectivity index (χ0v) is 14.4. The molecule has 2 saturated heterocycles. The van der Waals surface area contributed by atoms with Crippen LogP contribution in [0.25, 0.3) is 0 Å². The molecule has 0 aromatic heterocycles. The van der Waals surface area contributed by atoms with Gasteiger partial charge < -0.3 is 10.1 Å². The number of ketones is 1. The molecule has 5 nitrogen and oxygen atoms in total. The first-order chi connectivity index (χ1) is 12.1. The van der Waals surface area contributed by atoms with Crippen LogP contribution in [0.4, 0.5) is 4.39 Å². The summed E-state index contributed by atoms with van der Waals surface area (Å²) in [4.78, 5) is 25.3. The number of aryl methyl sites for hydroxylation is 1. The van der Waals surface area contributed by atoms with Crippen LogP contribution in [0.1, 0.15) is 37.7 Å². The standard InChI is InChI=1S/C19H25FN2O3/c20-15-8-6-14(7-9-15)5-3-1-2-4-10-21-19(24)17-13-22-12-16(23)11-18(22)25-17/h6-9,17-18H,1-5,10-13H2,(H,21,24)/t17-,18?/m1/s1. The number of ether oxygens (including phenoxy) is 1. The molecule has 0 saturated carbocycles. The monoisotopic (exact) mass is 348 g/mol. The third-order valence-corrected chi connectivity index (χ3v) is 4.81. The van der Waals surface area contributed by atoms with E-state index < -0.39 is 6.10 Å². The quantitative estimate of drug-likeness (QED) is 0.731. The first-order valence-corrected chi connectivity index (χ1v) is 9.05. The summed E-state index contributed by atoms with van der Waals surface area (Å²) in [6.07, 6.45) is 4.85. The van der Waals surface area contributed by atoms with E-state index in [1.54, 1.807) is 0 Å². The molecule has 2 aliphatic rings. The minimum atomic E-state index is -0.448. The van der Waals surface area contributed by atoms with Crippen molar-refractivity contribution in [2.45, 2.75) is 50.9 Å². The second kappa shape index (κ2) is 8.54. The Morgan fingerprint density at radius 1 is 1.20 bits per heavy atom. The lowest BCUT2D eigenvalue weighted by Gasteiger charge is -2.11. The van der Waals surface area contributed by atoms with Gasteiger partial charge in [-0.25, -0.2) is 4.39 Å². The second-order valence-electron chi connectivity index (χ2n) is 6.83. The van der Waals surface area contributed by atoms with Gasteiger partial charge in [0.05, 0.1) is 6.54 Å².